The van der Waals surface area contributed by atoms with Crippen molar-refractivity contribution in [2.45, 2.75) is 32.5 Å². The van der Waals surface area contributed by atoms with Gasteiger partial charge in [0.1, 0.15) is 6.33 Å². The zero-order valence-corrected chi connectivity index (χ0v) is 16.0. The van der Waals surface area contributed by atoms with E-state index in [4.69, 9.17) is 0 Å². The first kappa shape index (κ1) is 18.2. The van der Waals surface area contributed by atoms with Crippen LogP contribution in [0.1, 0.15) is 22.3 Å². The first-order chi connectivity index (χ1) is 12.5. The molecule has 0 radical (unpaired) electrons. The van der Waals surface area contributed by atoms with E-state index >= 15 is 0 Å². The van der Waals surface area contributed by atoms with Crippen molar-refractivity contribution in [1.82, 2.24) is 20.1 Å². The van der Waals surface area contributed by atoms with Crippen LogP contribution >= 0.6 is 11.8 Å². The molecule has 0 aliphatic rings. The summed E-state index contributed by atoms with van der Waals surface area (Å²) in [6.07, 6.45) is 1.69. The molecule has 2 aromatic carbocycles. The van der Waals surface area contributed by atoms with Gasteiger partial charge in [0.05, 0.1) is 11.4 Å². The minimum Gasteiger partial charge on any atom is -0.351 e. The molecule has 1 N–H and O–H groups in total. The average molecular weight is 366 g/mol. The Morgan fingerprint density at radius 1 is 1.12 bits per heavy atom. The van der Waals surface area contributed by atoms with Crippen molar-refractivity contribution in [2.24, 2.45) is 0 Å². The van der Waals surface area contributed by atoms with Gasteiger partial charge in [0.25, 0.3) is 0 Å². The lowest BCUT2D eigenvalue weighted by Crippen LogP contribution is -2.25. The molecule has 0 unspecified atom stereocenters. The second-order valence-electron chi connectivity index (χ2n) is 6.27. The van der Waals surface area contributed by atoms with Crippen LogP contribution in [0.3, 0.4) is 0 Å². The molecule has 0 aliphatic carbocycles. The van der Waals surface area contributed by atoms with Gasteiger partial charge in [0.15, 0.2) is 5.16 Å². The van der Waals surface area contributed by atoms with Gasteiger partial charge in [-0.2, -0.15) is 0 Å². The van der Waals surface area contributed by atoms with Gasteiger partial charge in [-0.1, -0.05) is 48.2 Å². The standard InChI is InChI=1S/C20H22N4OS/c1-14-8-9-16(3)18(10-14)24-13-22-23-20(24)26-12-19(25)21-11-17-7-5-4-6-15(17)2/h4-10,13H,11-12H2,1-3H3,(H,21,25). The largest absolute Gasteiger partial charge is 0.351 e. The van der Waals surface area contributed by atoms with Crippen LogP contribution in [0.5, 0.6) is 0 Å². The second-order valence-corrected chi connectivity index (χ2v) is 7.21. The van der Waals surface area contributed by atoms with Crippen molar-refractivity contribution < 1.29 is 4.79 Å². The van der Waals surface area contributed by atoms with E-state index in [1.54, 1.807) is 6.33 Å². The monoisotopic (exact) mass is 366 g/mol. The fourth-order valence-corrected chi connectivity index (χ4v) is 3.40. The molecule has 1 amide bonds. The summed E-state index contributed by atoms with van der Waals surface area (Å²) in [4.78, 5) is 12.2. The summed E-state index contributed by atoms with van der Waals surface area (Å²) in [6, 6.07) is 14.3. The molecule has 3 rings (SSSR count). The smallest absolute Gasteiger partial charge is 0.230 e. The van der Waals surface area contributed by atoms with Crippen LogP contribution in [-0.4, -0.2) is 26.4 Å². The van der Waals surface area contributed by atoms with E-state index in [0.29, 0.717) is 17.5 Å². The van der Waals surface area contributed by atoms with Crippen molar-refractivity contribution in [3.63, 3.8) is 0 Å². The summed E-state index contributed by atoms with van der Waals surface area (Å²) in [7, 11) is 0. The normalized spacial score (nSPS) is 10.7. The van der Waals surface area contributed by atoms with E-state index in [1.165, 1.54) is 22.9 Å². The van der Waals surface area contributed by atoms with Crippen LogP contribution < -0.4 is 5.32 Å². The second kappa shape index (κ2) is 8.19. The predicted molar refractivity (Wildman–Crippen MR) is 105 cm³/mol. The molecule has 0 bridgehead atoms. The van der Waals surface area contributed by atoms with Gasteiger partial charge in [0.2, 0.25) is 5.91 Å². The van der Waals surface area contributed by atoms with Crippen LogP contribution in [-0.2, 0) is 11.3 Å². The van der Waals surface area contributed by atoms with Gasteiger partial charge in [-0.05, 0) is 49.1 Å². The number of aromatic nitrogens is 3. The Kier molecular flexibility index (Phi) is 5.73. The fraction of sp³-hybridized carbons (Fsp3) is 0.250. The maximum Gasteiger partial charge on any atom is 0.230 e. The SMILES string of the molecule is Cc1ccc(C)c(-n2cnnc2SCC(=O)NCc2ccccc2C)c1. The lowest BCUT2D eigenvalue weighted by atomic mass is 10.1. The van der Waals surface area contributed by atoms with Gasteiger partial charge in [0, 0.05) is 6.54 Å². The Morgan fingerprint density at radius 2 is 1.92 bits per heavy atom. The molecular formula is C20H22N4OS. The van der Waals surface area contributed by atoms with Gasteiger partial charge >= 0.3 is 0 Å². The summed E-state index contributed by atoms with van der Waals surface area (Å²) in [5.74, 6) is 0.281. The van der Waals surface area contributed by atoms with Gasteiger partial charge in [-0.15, -0.1) is 10.2 Å². The number of benzene rings is 2. The third-order valence-electron chi connectivity index (χ3n) is 4.21. The number of thioether (sulfide) groups is 1. The summed E-state index contributed by atoms with van der Waals surface area (Å²) in [5, 5.41) is 11.9. The number of hydrogen-bond donors (Lipinski definition) is 1. The van der Waals surface area contributed by atoms with Crippen LogP contribution in [0.4, 0.5) is 0 Å². The Morgan fingerprint density at radius 3 is 2.73 bits per heavy atom. The van der Waals surface area contributed by atoms with Crippen molar-refractivity contribution in [2.75, 3.05) is 5.75 Å². The third-order valence-corrected chi connectivity index (χ3v) is 5.15. The first-order valence-electron chi connectivity index (χ1n) is 8.46. The van der Waals surface area contributed by atoms with E-state index < -0.39 is 0 Å². The first-order valence-corrected chi connectivity index (χ1v) is 9.45. The molecule has 3 aromatic rings. The molecular weight excluding hydrogens is 344 g/mol. The van der Waals surface area contributed by atoms with Crippen molar-refractivity contribution in [3.8, 4) is 5.69 Å². The molecule has 0 atom stereocenters. The zero-order chi connectivity index (χ0) is 18.5. The Labute approximate surface area is 157 Å². The van der Waals surface area contributed by atoms with Crippen LogP contribution in [0.25, 0.3) is 5.69 Å². The van der Waals surface area contributed by atoms with E-state index in [2.05, 4.69) is 47.6 Å². The van der Waals surface area contributed by atoms with E-state index in [-0.39, 0.29) is 5.91 Å². The summed E-state index contributed by atoms with van der Waals surface area (Å²) >= 11 is 1.39. The van der Waals surface area contributed by atoms with E-state index in [1.807, 2.05) is 35.8 Å². The molecule has 6 heteroatoms. The summed E-state index contributed by atoms with van der Waals surface area (Å²) < 4.78 is 1.93. The van der Waals surface area contributed by atoms with Crippen molar-refractivity contribution in [3.05, 3.63) is 71.0 Å². The van der Waals surface area contributed by atoms with E-state index in [0.717, 1.165) is 16.8 Å². The predicted octanol–water partition coefficient (Wildman–Crippen LogP) is 3.60. The average Bonchev–Trinajstić information content (AvgIpc) is 3.09. The molecule has 1 aromatic heterocycles. The van der Waals surface area contributed by atoms with Gasteiger partial charge in [-0.3, -0.25) is 9.36 Å². The molecule has 0 aliphatic heterocycles. The molecule has 5 nitrogen and oxygen atoms in total. The topological polar surface area (TPSA) is 59.8 Å². The van der Waals surface area contributed by atoms with Crippen LogP contribution in [0.2, 0.25) is 0 Å². The highest BCUT2D eigenvalue weighted by Crippen LogP contribution is 2.22. The molecule has 1 heterocycles. The minimum atomic E-state index is -0.0197. The molecule has 26 heavy (non-hydrogen) atoms. The highest BCUT2D eigenvalue weighted by atomic mass is 32.2. The maximum atomic E-state index is 12.2. The number of amides is 1. The lowest BCUT2D eigenvalue weighted by molar-refractivity contribution is -0.118. The quantitative estimate of drug-likeness (QED) is 0.677. The summed E-state index contributed by atoms with van der Waals surface area (Å²) in [6.45, 7) is 6.69. The molecule has 0 saturated carbocycles. The number of rotatable bonds is 6. The number of nitrogens with one attached hydrogen (secondary N) is 1. The number of aryl methyl sites for hydroxylation is 3. The minimum absolute atomic E-state index is 0.0197. The van der Waals surface area contributed by atoms with Crippen molar-refractivity contribution in [1.29, 1.82) is 0 Å². The van der Waals surface area contributed by atoms with Crippen LogP contribution in [0, 0.1) is 20.8 Å². The van der Waals surface area contributed by atoms with E-state index in [9.17, 15) is 4.79 Å². The summed E-state index contributed by atoms with van der Waals surface area (Å²) in [5.41, 5.74) is 5.66. The third kappa shape index (κ3) is 4.32. The number of nitrogens with zero attached hydrogens (tertiary/aromatic N) is 3. The van der Waals surface area contributed by atoms with Crippen LogP contribution in [0.15, 0.2) is 53.9 Å². The van der Waals surface area contributed by atoms with Gasteiger partial charge in [-0.25, -0.2) is 0 Å². The highest BCUT2D eigenvalue weighted by molar-refractivity contribution is 7.99. The number of carbonyl (C=O) groups excluding carboxylic acids is 1. The number of hydrogen-bond acceptors (Lipinski definition) is 4. The molecule has 0 fully saturated rings. The zero-order valence-electron chi connectivity index (χ0n) is 15.2. The molecule has 0 spiro atoms. The Hall–Kier alpha value is -2.60. The lowest BCUT2D eigenvalue weighted by Gasteiger charge is -2.11. The Bertz CT molecular complexity index is 920. The highest BCUT2D eigenvalue weighted by Gasteiger charge is 2.12. The number of carbonyl (C=O) groups is 1. The van der Waals surface area contributed by atoms with Gasteiger partial charge < -0.3 is 5.32 Å². The van der Waals surface area contributed by atoms with Crippen molar-refractivity contribution >= 4 is 17.7 Å². The maximum absolute atomic E-state index is 12.2. The molecule has 0 saturated heterocycles. The Balaban J connectivity index is 1.62. The molecule has 134 valence electrons. The fourth-order valence-electron chi connectivity index (χ4n) is 2.65.